The lowest BCUT2D eigenvalue weighted by Gasteiger charge is -2.07. The maximum Gasteiger partial charge on any atom is 0.183 e. The molecular formula is C12H16ClN5O. The average molecular weight is 282 g/mol. The number of aromatic nitrogens is 4. The van der Waals surface area contributed by atoms with Crippen LogP contribution in [0.25, 0.3) is 11.4 Å². The Morgan fingerprint density at radius 3 is 3.05 bits per heavy atom. The summed E-state index contributed by atoms with van der Waals surface area (Å²) < 4.78 is 7.00. The highest BCUT2D eigenvalue weighted by Crippen LogP contribution is 2.30. The van der Waals surface area contributed by atoms with E-state index in [1.807, 2.05) is 19.1 Å². The maximum atomic E-state index is 6.18. The number of halogens is 1. The van der Waals surface area contributed by atoms with Gasteiger partial charge in [0.15, 0.2) is 5.82 Å². The Morgan fingerprint density at radius 2 is 2.26 bits per heavy atom. The predicted octanol–water partition coefficient (Wildman–Crippen LogP) is 2.00. The Labute approximate surface area is 116 Å². The summed E-state index contributed by atoms with van der Waals surface area (Å²) in [5.41, 5.74) is 7.04. The summed E-state index contributed by atoms with van der Waals surface area (Å²) in [5.74, 6) is 0.619. The molecular weight excluding hydrogens is 266 g/mol. The standard InChI is InChI=1S/C12H16ClN5O/c1-2-19-8-4-7-18-12(15-16-17-18)9-5-3-6-10(14)11(9)13/h3,5-6H,2,4,7-8,14H2,1H3. The number of rotatable bonds is 6. The molecule has 0 aliphatic heterocycles. The van der Waals surface area contributed by atoms with Gasteiger partial charge >= 0.3 is 0 Å². The lowest BCUT2D eigenvalue weighted by Crippen LogP contribution is -2.06. The molecule has 0 amide bonds. The third-order valence-electron chi connectivity index (χ3n) is 2.66. The van der Waals surface area contributed by atoms with Gasteiger partial charge in [0.05, 0.1) is 10.7 Å². The van der Waals surface area contributed by atoms with Crippen molar-refractivity contribution in [1.82, 2.24) is 20.2 Å². The molecule has 0 fully saturated rings. The molecule has 0 aliphatic rings. The van der Waals surface area contributed by atoms with Crippen LogP contribution in [-0.4, -0.2) is 33.4 Å². The van der Waals surface area contributed by atoms with E-state index in [9.17, 15) is 0 Å². The van der Waals surface area contributed by atoms with Crippen LogP contribution in [0.5, 0.6) is 0 Å². The number of nitrogens with two attached hydrogens (primary N) is 1. The fraction of sp³-hybridized carbons (Fsp3) is 0.417. The minimum Gasteiger partial charge on any atom is -0.398 e. The van der Waals surface area contributed by atoms with E-state index in [-0.39, 0.29) is 0 Å². The molecule has 2 rings (SSSR count). The Kier molecular flexibility index (Phi) is 4.70. The quantitative estimate of drug-likeness (QED) is 0.647. The van der Waals surface area contributed by atoms with Crippen molar-refractivity contribution < 1.29 is 4.74 Å². The Morgan fingerprint density at radius 1 is 1.42 bits per heavy atom. The fourth-order valence-corrected chi connectivity index (χ4v) is 1.94. The highest BCUT2D eigenvalue weighted by molar-refractivity contribution is 6.35. The van der Waals surface area contributed by atoms with E-state index in [1.54, 1.807) is 10.7 Å². The molecule has 0 bridgehead atoms. The lowest BCUT2D eigenvalue weighted by atomic mass is 10.2. The van der Waals surface area contributed by atoms with Gasteiger partial charge < -0.3 is 10.5 Å². The van der Waals surface area contributed by atoms with Crippen molar-refractivity contribution >= 4 is 17.3 Å². The van der Waals surface area contributed by atoms with E-state index in [2.05, 4.69) is 15.5 Å². The molecule has 0 saturated carbocycles. The van der Waals surface area contributed by atoms with Crippen LogP contribution in [0.4, 0.5) is 5.69 Å². The number of nitrogen functional groups attached to an aromatic ring is 1. The first kappa shape index (κ1) is 13.8. The summed E-state index contributed by atoms with van der Waals surface area (Å²) in [5, 5.41) is 12.1. The van der Waals surface area contributed by atoms with Crippen molar-refractivity contribution in [2.75, 3.05) is 18.9 Å². The minimum atomic E-state index is 0.475. The van der Waals surface area contributed by atoms with Crippen LogP contribution < -0.4 is 5.73 Å². The lowest BCUT2D eigenvalue weighted by molar-refractivity contribution is 0.140. The number of nitrogens with zero attached hydrogens (tertiary/aromatic N) is 4. The number of aryl methyl sites for hydroxylation is 1. The van der Waals surface area contributed by atoms with Crippen LogP contribution in [0.1, 0.15) is 13.3 Å². The normalized spacial score (nSPS) is 10.8. The van der Waals surface area contributed by atoms with E-state index < -0.39 is 0 Å². The monoisotopic (exact) mass is 281 g/mol. The number of ether oxygens (including phenoxy) is 1. The summed E-state index contributed by atoms with van der Waals surface area (Å²) >= 11 is 6.18. The summed E-state index contributed by atoms with van der Waals surface area (Å²) in [6.07, 6.45) is 0.839. The highest BCUT2D eigenvalue weighted by atomic mass is 35.5. The maximum absolute atomic E-state index is 6.18. The van der Waals surface area contributed by atoms with Gasteiger partial charge in [-0.2, -0.15) is 0 Å². The molecule has 0 radical (unpaired) electrons. The second kappa shape index (κ2) is 6.49. The van der Waals surface area contributed by atoms with Gasteiger partial charge in [-0.3, -0.25) is 0 Å². The second-order valence-electron chi connectivity index (χ2n) is 3.98. The van der Waals surface area contributed by atoms with Crippen molar-refractivity contribution in [1.29, 1.82) is 0 Å². The van der Waals surface area contributed by atoms with Gasteiger partial charge in [-0.25, -0.2) is 4.68 Å². The minimum absolute atomic E-state index is 0.475. The number of hydrogen-bond acceptors (Lipinski definition) is 5. The molecule has 6 nitrogen and oxygen atoms in total. The third-order valence-corrected chi connectivity index (χ3v) is 3.09. The first-order valence-electron chi connectivity index (χ1n) is 6.12. The Hall–Kier alpha value is -1.66. The summed E-state index contributed by atoms with van der Waals surface area (Å²) in [7, 11) is 0. The summed E-state index contributed by atoms with van der Waals surface area (Å²) in [6.45, 7) is 4.03. The van der Waals surface area contributed by atoms with Crippen LogP contribution in [0.2, 0.25) is 5.02 Å². The molecule has 2 N–H and O–H groups in total. The number of anilines is 1. The SMILES string of the molecule is CCOCCCn1nnnc1-c1cccc(N)c1Cl. The van der Waals surface area contributed by atoms with Gasteiger partial charge in [0, 0.05) is 25.3 Å². The van der Waals surface area contributed by atoms with E-state index >= 15 is 0 Å². The number of hydrogen-bond donors (Lipinski definition) is 1. The van der Waals surface area contributed by atoms with Crippen molar-refractivity contribution in [2.45, 2.75) is 19.9 Å². The van der Waals surface area contributed by atoms with Crippen LogP contribution in [0.15, 0.2) is 18.2 Å². The molecule has 19 heavy (non-hydrogen) atoms. The van der Waals surface area contributed by atoms with Gasteiger partial charge in [-0.05, 0) is 35.9 Å². The molecule has 0 aliphatic carbocycles. The van der Waals surface area contributed by atoms with E-state index in [0.717, 1.165) is 12.0 Å². The van der Waals surface area contributed by atoms with Crippen LogP contribution in [0.3, 0.4) is 0 Å². The van der Waals surface area contributed by atoms with Crippen LogP contribution in [0, 0.1) is 0 Å². The average Bonchev–Trinajstić information content (AvgIpc) is 2.86. The van der Waals surface area contributed by atoms with Crippen molar-refractivity contribution in [3.05, 3.63) is 23.2 Å². The van der Waals surface area contributed by atoms with Crippen LogP contribution >= 0.6 is 11.6 Å². The van der Waals surface area contributed by atoms with Crippen molar-refractivity contribution in [3.8, 4) is 11.4 Å². The smallest absolute Gasteiger partial charge is 0.183 e. The summed E-state index contributed by atoms with van der Waals surface area (Å²) in [4.78, 5) is 0. The van der Waals surface area contributed by atoms with Crippen molar-refractivity contribution in [3.63, 3.8) is 0 Å². The zero-order chi connectivity index (χ0) is 13.7. The first-order chi connectivity index (χ1) is 9.24. The van der Waals surface area contributed by atoms with Crippen molar-refractivity contribution in [2.24, 2.45) is 0 Å². The molecule has 1 aromatic carbocycles. The van der Waals surface area contributed by atoms with E-state index in [1.165, 1.54) is 0 Å². The molecule has 0 saturated heterocycles. The molecule has 0 unspecified atom stereocenters. The van der Waals surface area contributed by atoms with Crippen LogP contribution in [-0.2, 0) is 11.3 Å². The predicted molar refractivity (Wildman–Crippen MR) is 73.8 cm³/mol. The summed E-state index contributed by atoms with van der Waals surface area (Å²) in [6, 6.07) is 5.42. The Bertz CT molecular complexity index is 543. The molecule has 2 aromatic rings. The van der Waals surface area contributed by atoms with Gasteiger partial charge in [0.2, 0.25) is 0 Å². The fourth-order valence-electron chi connectivity index (χ4n) is 1.73. The Balaban J connectivity index is 2.17. The zero-order valence-corrected chi connectivity index (χ0v) is 11.5. The van der Waals surface area contributed by atoms with Gasteiger partial charge in [0.1, 0.15) is 0 Å². The molecule has 0 atom stereocenters. The molecule has 1 aromatic heterocycles. The highest BCUT2D eigenvalue weighted by Gasteiger charge is 2.13. The molecule has 1 heterocycles. The van der Waals surface area contributed by atoms with E-state index in [4.69, 9.17) is 22.1 Å². The molecule has 0 spiro atoms. The second-order valence-corrected chi connectivity index (χ2v) is 4.36. The van der Waals surface area contributed by atoms with Gasteiger partial charge in [-0.15, -0.1) is 5.10 Å². The first-order valence-corrected chi connectivity index (χ1v) is 6.50. The number of benzene rings is 1. The molecule has 7 heteroatoms. The third kappa shape index (κ3) is 3.21. The van der Waals surface area contributed by atoms with E-state index in [0.29, 0.717) is 36.3 Å². The largest absolute Gasteiger partial charge is 0.398 e. The zero-order valence-electron chi connectivity index (χ0n) is 10.7. The van der Waals surface area contributed by atoms with Gasteiger partial charge in [-0.1, -0.05) is 17.7 Å². The topological polar surface area (TPSA) is 78.8 Å². The van der Waals surface area contributed by atoms with Gasteiger partial charge in [0.25, 0.3) is 0 Å². The molecule has 102 valence electrons. The number of tetrazole rings is 1.